The Kier molecular flexibility index (Phi) is 6.17. The second kappa shape index (κ2) is 6.01. The standard InChI is InChI=1S/C5H14NO3P/c1-5(2)4-6-9-10(7)8-3/h5-7H,4H2,1-3H3. The molecule has 0 saturated carbocycles. The van der Waals surface area contributed by atoms with Crippen LogP contribution < -0.4 is 5.48 Å². The number of hydrogen-bond donors (Lipinski definition) is 2. The Bertz CT molecular complexity index is 81.3. The lowest BCUT2D eigenvalue weighted by Crippen LogP contribution is -2.17. The predicted molar refractivity (Wildman–Crippen MR) is 40.1 cm³/mol. The van der Waals surface area contributed by atoms with Gasteiger partial charge in [0.2, 0.25) is 0 Å². The molecule has 5 heteroatoms. The fraction of sp³-hybridized carbons (Fsp3) is 1.00. The van der Waals surface area contributed by atoms with Crippen LogP contribution in [0.5, 0.6) is 0 Å². The highest BCUT2D eigenvalue weighted by molar-refractivity contribution is 7.40. The molecular weight excluding hydrogens is 153 g/mol. The van der Waals surface area contributed by atoms with Crippen LogP contribution in [0.15, 0.2) is 0 Å². The van der Waals surface area contributed by atoms with E-state index in [2.05, 4.69) is 14.6 Å². The van der Waals surface area contributed by atoms with Crippen LogP contribution in [0.4, 0.5) is 0 Å². The Hall–Kier alpha value is 0.270. The minimum absolute atomic E-state index is 0.500. The summed E-state index contributed by atoms with van der Waals surface area (Å²) in [5.41, 5.74) is 2.59. The van der Waals surface area contributed by atoms with Crippen LogP contribution in [0.1, 0.15) is 13.8 Å². The topological polar surface area (TPSA) is 50.7 Å². The molecule has 0 rings (SSSR count). The summed E-state index contributed by atoms with van der Waals surface area (Å²) in [5, 5.41) is 0. The van der Waals surface area contributed by atoms with Crippen molar-refractivity contribution in [2.75, 3.05) is 13.7 Å². The molecule has 0 aliphatic carbocycles. The maximum Gasteiger partial charge on any atom is 0.347 e. The van der Waals surface area contributed by atoms with Crippen molar-refractivity contribution in [3.63, 3.8) is 0 Å². The molecule has 10 heavy (non-hydrogen) atoms. The molecule has 0 spiro atoms. The minimum Gasteiger partial charge on any atom is -0.327 e. The van der Waals surface area contributed by atoms with Gasteiger partial charge in [0.15, 0.2) is 0 Å². The van der Waals surface area contributed by atoms with Crippen LogP contribution in [0.25, 0.3) is 0 Å². The third-order valence-corrected chi connectivity index (χ3v) is 1.39. The third-order valence-electron chi connectivity index (χ3n) is 0.790. The van der Waals surface area contributed by atoms with E-state index in [1.165, 1.54) is 7.11 Å². The summed E-state index contributed by atoms with van der Waals surface area (Å²) in [5.74, 6) is 0.500. The average Bonchev–Trinajstić information content (AvgIpc) is 1.87. The molecule has 4 nitrogen and oxygen atoms in total. The van der Waals surface area contributed by atoms with E-state index in [1.807, 2.05) is 13.8 Å². The van der Waals surface area contributed by atoms with Crippen molar-refractivity contribution in [1.82, 2.24) is 5.48 Å². The van der Waals surface area contributed by atoms with Crippen LogP contribution in [-0.4, -0.2) is 18.5 Å². The highest BCUT2D eigenvalue weighted by atomic mass is 31.2. The molecule has 0 saturated heterocycles. The predicted octanol–water partition coefficient (Wildman–Crippen LogP) is 1.03. The highest BCUT2D eigenvalue weighted by Gasteiger charge is 2.02. The van der Waals surface area contributed by atoms with Gasteiger partial charge in [-0.05, 0) is 5.92 Å². The molecule has 0 aromatic rings. The maximum absolute atomic E-state index is 8.73. The molecule has 0 amide bonds. The molecule has 0 aromatic carbocycles. The van der Waals surface area contributed by atoms with Gasteiger partial charge in [0.05, 0.1) is 0 Å². The first-order valence-corrected chi connectivity index (χ1v) is 4.22. The van der Waals surface area contributed by atoms with E-state index in [0.29, 0.717) is 12.5 Å². The van der Waals surface area contributed by atoms with E-state index < -0.39 is 8.60 Å². The van der Waals surface area contributed by atoms with Crippen molar-refractivity contribution in [3.8, 4) is 0 Å². The Balaban J connectivity index is 3.03. The molecule has 62 valence electrons. The van der Waals surface area contributed by atoms with Gasteiger partial charge in [0, 0.05) is 13.7 Å². The Labute approximate surface area is 62.5 Å². The first-order valence-electron chi connectivity index (χ1n) is 3.09. The summed E-state index contributed by atoms with van der Waals surface area (Å²) in [6.45, 7) is 4.80. The van der Waals surface area contributed by atoms with Gasteiger partial charge < -0.3 is 9.42 Å². The maximum atomic E-state index is 8.73. The quantitative estimate of drug-likeness (QED) is 0.474. The van der Waals surface area contributed by atoms with Gasteiger partial charge in [-0.2, -0.15) is 5.48 Å². The normalized spacial score (nSPS) is 14.1. The van der Waals surface area contributed by atoms with E-state index in [4.69, 9.17) is 4.89 Å². The lowest BCUT2D eigenvalue weighted by molar-refractivity contribution is 0.142. The second-order valence-electron chi connectivity index (χ2n) is 2.25. The van der Waals surface area contributed by atoms with Crippen molar-refractivity contribution >= 4 is 8.60 Å². The summed E-state index contributed by atoms with van der Waals surface area (Å²) in [4.78, 5) is 8.73. The van der Waals surface area contributed by atoms with E-state index in [1.54, 1.807) is 0 Å². The molecular formula is C5H14NO3P. The summed E-state index contributed by atoms with van der Waals surface area (Å²) < 4.78 is 9.12. The lowest BCUT2D eigenvalue weighted by Gasteiger charge is -2.09. The highest BCUT2D eigenvalue weighted by Crippen LogP contribution is 2.28. The monoisotopic (exact) mass is 167 g/mol. The number of hydroxylamine groups is 1. The fourth-order valence-corrected chi connectivity index (χ4v) is 0.556. The molecule has 0 fully saturated rings. The second-order valence-corrected chi connectivity index (χ2v) is 3.28. The van der Waals surface area contributed by atoms with Crippen molar-refractivity contribution in [2.45, 2.75) is 13.8 Å². The molecule has 0 bridgehead atoms. The van der Waals surface area contributed by atoms with Gasteiger partial charge in [0.25, 0.3) is 0 Å². The zero-order valence-electron chi connectivity index (χ0n) is 6.50. The summed E-state index contributed by atoms with van der Waals surface area (Å²) in [6.07, 6.45) is 0. The van der Waals surface area contributed by atoms with E-state index in [-0.39, 0.29) is 0 Å². The van der Waals surface area contributed by atoms with Crippen LogP contribution in [0.3, 0.4) is 0 Å². The zero-order valence-corrected chi connectivity index (χ0v) is 7.39. The first kappa shape index (κ1) is 10.3. The molecule has 2 N–H and O–H groups in total. The average molecular weight is 167 g/mol. The fourth-order valence-electron chi connectivity index (χ4n) is 0.296. The van der Waals surface area contributed by atoms with Crippen LogP contribution >= 0.6 is 8.60 Å². The molecule has 1 unspecified atom stereocenters. The van der Waals surface area contributed by atoms with E-state index >= 15 is 0 Å². The smallest absolute Gasteiger partial charge is 0.327 e. The Morgan fingerprint density at radius 1 is 1.60 bits per heavy atom. The summed E-state index contributed by atoms with van der Waals surface area (Å²) in [6, 6.07) is 0. The number of rotatable bonds is 5. The summed E-state index contributed by atoms with van der Waals surface area (Å²) in [7, 11) is -0.328. The first-order chi connectivity index (χ1) is 4.66. The van der Waals surface area contributed by atoms with Crippen molar-refractivity contribution in [3.05, 3.63) is 0 Å². The Morgan fingerprint density at radius 2 is 2.20 bits per heavy atom. The number of hydrogen-bond acceptors (Lipinski definition) is 4. The molecule has 0 radical (unpaired) electrons. The Morgan fingerprint density at radius 3 is 2.60 bits per heavy atom. The number of nitrogens with one attached hydrogen (secondary N) is 1. The van der Waals surface area contributed by atoms with Gasteiger partial charge in [-0.15, -0.1) is 0 Å². The molecule has 0 aliphatic rings. The van der Waals surface area contributed by atoms with Crippen LogP contribution in [0.2, 0.25) is 0 Å². The SMILES string of the molecule is COP(O)ONCC(C)C. The molecule has 0 heterocycles. The summed E-state index contributed by atoms with van der Waals surface area (Å²) >= 11 is 0. The van der Waals surface area contributed by atoms with Gasteiger partial charge in [-0.3, -0.25) is 0 Å². The third kappa shape index (κ3) is 6.39. The van der Waals surface area contributed by atoms with Crippen molar-refractivity contribution in [2.24, 2.45) is 5.92 Å². The van der Waals surface area contributed by atoms with E-state index in [0.717, 1.165) is 0 Å². The lowest BCUT2D eigenvalue weighted by atomic mass is 10.2. The van der Waals surface area contributed by atoms with Crippen LogP contribution in [0, 0.1) is 5.92 Å². The van der Waals surface area contributed by atoms with Crippen LogP contribution in [-0.2, 0) is 9.15 Å². The van der Waals surface area contributed by atoms with Crippen molar-refractivity contribution < 1.29 is 14.0 Å². The van der Waals surface area contributed by atoms with Gasteiger partial charge in [-0.25, -0.2) is 4.62 Å². The molecule has 0 aromatic heterocycles. The molecule has 1 atom stereocenters. The van der Waals surface area contributed by atoms with E-state index in [9.17, 15) is 0 Å². The minimum atomic E-state index is -1.72. The molecule has 0 aliphatic heterocycles. The van der Waals surface area contributed by atoms with Crippen molar-refractivity contribution in [1.29, 1.82) is 0 Å². The van der Waals surface area contributed by atoms with Gasteiger partial charge >= 0.3 is 8.60 Å². The van der Waals surface area contributed by atoms with Gasteiger partial charge in [-0.1, -0.05) is 13.8 Å². The largest absolute Gasteiger partial charge is 0.347 e. The van der Waals surface area contributed by atoms with Gasteiger partial charge in [0.1, 0.15) is 0 Å². The zero-order chi connectivity index (χ0) is 7.98.